The Morgan fingerprint density at radius 1 is 1.41 bits per heavy atom. The zero-order chi connectivity index (χ0) is 15.9. The summed E-state index contributed by atoms with van der Waals surface area (Å²) in [5, 5.41) is 3.15. The molecule has 1 amide bonds. The van der Waals surface area contributed by atoms with Crippen molar-refractivity contribution in [2.24, 2.45) is 0 Å². The van der Waals surface area contributed by atoms with Crippen LogP contribution in [0.2, 0.25) is 0 Å². The minimum atomic E-state index is -0.00668. The molecule has 0 unspecified atom stereocenters. The van der Waals surface area contributed by atoms with Gasteiger partial charge in [-0.05, 0) is 32.3 Å². The zero-order valence-electron chi connectivity index (χ0n) is 13.7. The molecule has 22 heavy (non-hydrogen) atoms. The van der Waals surface area contributed by atoms with Crippen LogP contribution in [0.5, 0.6) is 5.75 Å². The minimum absolute atomic E-state index is 0.00668. The first-order valence-corrected chi connectivity index (χ1v) is 8.62. The third-order valence-corrected chi connectivity index (χ3v) is 5.02. The van der Waals surface area contributed by atoms with Gasteiger partial charge in [-0.3, -0.25) is 4.79 Å². The molecule has 2 rings (SSSR count). The first-order chi connectivity index (χ1) is 10.6. The highest BCUT2D eigenvalue weighted by atomic mass is 32.1. The molecular weight excluding hydrogens is 300 g/mol. The van der Waals surface area contributed by atoms with Crippen LogP contribution in [0.3, 0.4) is 0 Å². The summed E-state index contributed by atoms with van der Waals surface area (Å²) in [6.07, 6.45) is 3.08. The Balaban J connectivity index is 1.79. The van der Waals surface area contributed by atoms with E-state index in [0.29, 0.717) is 10.6 Å². The monoisotopic (exact) mass is 326 g/mol. The molecular formula is C16H26N2O3S. The van der Waals surface area contributed by atoms with Crippen molar-refractivity contribution in [3.05, 3.63) is 15.8 Å². The number of methoxy groups -OCH3 is 2. The smallest absolute Gasteiger partial charge is 0.265 e. The molecule has 1 fully saturated rings. The predicted octanol–water partition coefficient (Wildman–Crippen LogP) is 2.30. The van der Waals surface area contributed by atoms with E-state index in [9.17, 15) is 4.79 Å². The summed E-state index contributed by atoms with van der Waals surface area (Å²) >= 11 is 1.49. The lowest BCUT2D eigenvalue weighted by Crippen LogP contribution is -2.44. The summed E-state index contributed by atoms with van der Waals surface area (Å²) in [5.74, 6) is 0.671. The number of amides is 1. The fourth-order valence-electron chi connectivity index (χ4n) is 2.79. The number of hydrogen-bond acceptors (Lipinski definition) is 5. The van der Waals surface area contributed by atoms with Gasteiger partial charge >= 0.3 is 0 Å². The molecule has 0 aromatic carbocycles. The maximum atomic E-state index is 12.4. The predicted molar refractivity (Wildman–Crippen MR) is 89.0 cm³/mol. The Bertz CT molecular complexity index is 482. The van der Waals surface area contributed by atoms with E-state index in [1.807, 2.05) is 13.0 Å². The van der Waals surface area contributed by atoms with Gasteiger partial charge < -0.3 is 19.7 Å². The van der Waals surface area contributed by atoms with Gasteiger partial charge in [-0.1, -0.05) is 0 Å². The standard InChI is InChI=1S/C16H26N2O3S/c1-12-11-14(21-3)15(22-12)16(19)17-13-5-8-18(9-6-13)7-4-10-20-2/h11,13H,4-10H2,1-3H3,(H,17,19). The second kappa shape index (κ2) is 8.50. The summed E-state index contributed by atoms with van der Waals surface area (Å²) in [7, 11) is 3.35. The minimum Gasteiger partial charge on any atom is -0.495 e. The SMILES string of the molecule is COCCCN1CCC(NC(=O)c2sc(C)cc2OC)CC1. The van der Waals surface area contributed by atoms with Gasteiger partial charge in [0.05, 0.1) is 7.11 Å². The number of carbonyl (C=O) groups excluding carboxylic acids is 1. The van der Waals surface area contributed by atoms with Crippen molar-refractivity contribution in [1.82, 2.24) is 10.2 Å². The average Bonchev–Trinajstić information content (AvgIpc) is 2.90. The van der Waals surface area contributed by atoms with Crippen LogP contribution < -0.4 is 10.1 Å². The number of aryl methyl sites for hydroxylation is 1. The molecule has 0 saturated carbocycles. The summed E-state index contributed by atoms with van der Waals surface area (Å²) < 4.78 is 10.4. The van der Waals surface area contributed by atoms with Crippen LogP contribution in [0.15, 0.2) is 6.07 Å². The lowest BCUT2D eigenvalue weighted by Gasteiger charge is -2.32. The Labute approximate surface area is 136 Å². The van der Waals surface area contributed by atoms with Gasteiger partial charge in [0.1, 0.15) is 10.6 Å². The van der Waals surface area contributed by atoms with Crippen LogP contribution in [0.25, 0.3) is 0 Å². The topological polar surface area (TPSA) is 50.8 Å². The maximum absolute atomic E-state index is 12.4. The molecule has 0 bridgehead atoms. The van der Waals surface area contributed by atoms with Gasteiger partial charge in [-0.2, -0.15) is 0 Å². The van der Waals surface area contributed by atoms with Gasteiger partial charge in [0.2, 0.25) is 0 Å². The molecule has 1 saturated heterocycles. The van der Waals surface area contributed by atoms with Crippen LogP contribution in [0, 0.1) is 6.92 Å². The van der Waals surface area contributed by atoms with Crippen molar-refractivity contribution < 1.29 is 14.3 Å². The Morgan fingerprint density at radius 3 is 2.77 bits per heavy atom. The molecule has 1 aromatic rings. The number of nitrogens with zero attached hydrogens (tertiary/aromatic N) is 1. The fraction of sp³-hybridized carbons (Fsp3) is 0.688. The Kier molecular flexibility index (Phi) is 6.67. The van der Waals surface area contributed by atoms with Crippen molar-refractivity contribution in [2.75, 3.05) is 40.5 Å². The highest BCUT2D eigenvalue weighted by Crippen LogP contribution is 2.28. The molecule has 1 aliphatic heterocycles. The highest BCUT2D eigenvalue weighted by Gasteiger charge is 2.23. The second-order valence-corrected chi connectivity index (χ2v) is 6.95. The zero-order valence-corrected chi connectivity index (χ0v) is 14.5. The van der Waals surface area contributed by atoms with Gasteiger partial charge in [0, 0.05) is 44.3 Å². The summed E-state index contributed by atoms with van der Waals surface area (Å²) in [6, 6.07) is 2.18. The number of likely N-dealkylation sites (tertiary alicyclic amines) is 1. The van der Waals surface area contributed by atoms with Gasteiger partial charge in [0.15, 0.2) is 0 Å². The van der Waals surface area contributed by atoms with E-state index in [-0.39, 0.29) is 11.9 Å². The first kappa shape index (κ1) is 17.2. The molecule has 0 radical (unpaired) electrons. The molecule has 0 atom stereocenters. The lowest BCUT2D eigenvalue weighted by molar-refractivity contribution is 0.0908. The van der Waals surface area contributed by atoms with Crippen molar-refractivity contribution in [1.29, 1.82) is 0 Å². The number of carbonyl (C=O) groups is 1. The van der Waals surface area contributed by atoms with E-state index in [4.69, 9.17) is 9.47 Å². The molecule has 5 nitrogen and oxygen atoms in total. The maximum Gasteiger partial charge on any atom is 0.265 e. The van der Waals surface area contributed by atoms with E-state index in [1.54, 1.807) is 14.2 Å². The molecule has 0 aliphatic carbocycles. The van der Waals surface area contributed by atoms with Crippen LogP contribution in [-0.2, 0) is 4.74 Å². The molecule has 1 aliphatic rings. The van der Waals surface area contributed by atoms with Gasteiger partial charge in [-0.25, -0.2) is 0 Å². The van der Waals surface area contributed by atoms with E-state index < -0.39 is 0 Å². The van der Waals surface area contributed by atoms with Crippen molar-refractivity contribution >= 4 is 17.2 Å². The number of piperidine rings is 1. The van der Waals surface area contributed by atoms with E-state index in [2.05, 4.69) is 10.2 Å². The van der Waals surface area contributed by atoms with E-state index in [0.717, 1.165) is 50.4 Å². The van der Waals surface area contributed by atoms with Crippen molar-refractivity contribution in [3.63, 3.8) is 0 Å². The number of ether oxygens (including phenoxy) is 2. The third-order valence-electron chi connectivity index (χ3n) is 3.99. The van der Waals surface area contributed by atoms with Crippen LogP contribution in [-0.4, -0.2) is 57.3 Å². The van der Waals surface area contributed by atoms with Gasteiger partial charge in [-0.15, -0.1) is 11.3 Å². The molecule has 0 spiro atoms. The van der Waals surface area contributed by atoms with Crippen LogP contribution >= 0.6 is 11.3 Å². The first-order valence-electron chi connectivity index (χ1n) is 7.80. The molecule has 6 heteroatoms. The largest absolute Gasteiger partial charge is 0.495 e. The summed E-state index contributed by atoms with van der Waals surface area (Å²) in [6.45, 7) is 5.95. The summed E-state index contributed by atoms with van der Waals surface area (Å²) in [5.41, 5.74) is 0. The van der Waals surface area contributed by atoms with Crippen molar-refractivity contribution in [3.8, 4) is 5.75 Å². The Hall–Kier alpha value is -1.11. The molecule has 2 heterocycles. The van der Waals surface area contributed by atoms with Crippen LogP contribution in [0.4, 0.5) is 0 Å². The third kappa shape index (κ3) is 4.69. The number of thiophene rings is 1. The van der Waals surface area contributed by atoms with E-state index in [1.165, 1.54) is 11.3 Å². The van der Waals surface area contributed by atoms with Crippen molar-refractivity contribution in [2.45, 2.75) is 32.2 Å². The van der Waals surface area contributed by atoms with E-state index >= 15 is 0 Å². The lowest BCUT2D eigenvalue weighted by atomic mass is 10.0. The normalized spacial score (nSPS) is 16.7. The Morgan fingerprint density at radius 2 is 2.14 bits per heavy atom. The fourth-order valence-corrected chi connectivity index (χ4v) is 3.67. The number of hydrogen-bond donors (Lipinski definition) is 1. The average molecular weight is 326 g/mol. The summed E-state index contributed by atoms with van der Waals surface area (Å²) in [4.78, 5) is 16.6. The second-order valence-electron chi connectivity index (χ2n) is 5.69. The quantitative estimate of drug-likeness (QED) is 0.781. The molecule has 1 N–H and O–H groups in total. The highest BCUT2D eigenvalue weighted by molar-refractivity contribution is 7.14. The number of nitrogens with one attached hydrogen (secondary N) is 1. The molecule has 124 valence electrons. The molecule has 1 aromatic heterocycles. The van der Waals surface area contributed by atoms with Gasteiger partial charge in [0.25, 0.3) is 5.91 Å². The number of rotatable bonds is 7. The van der Waals surface area contributed by atoms with Crippen LogP contribution in [0.1, 0.15) is 33.8 Å².